The van der Waals surface area contributed by atoms with E-state index >= 15 is 0 Å². The molecule has 0 saturated carbocycles. The van der Waals surface area contributed by atoms with E-state index in [1.54, 1.807) is 7.05 Å². The van der Waals surface area contributed by atoms with Crippen LogP contribution in [0.4, 0.5) is 0 Å². The first kappa shape index (κ1) is 3.88. The topological polar surface area (TPSA) is 47.9 Å². The maximum Gasteiger partial charge on any atom is -0.000111 e. The van der Waals surface area contributed by atoms with Crippen LogP contribution in [-0.4, -0.2) is 7.05 Å². The highest BCUT2D eigenvalue weighted by atomic mass is 15.5. The standard InChI is InChI=1S/CH6N3/c1-3-4-2/h2-4H,1H3. The Bertz CT molecular complexity index is 5.25. The molecule has 1 radical (unpaired) electrons. The van der Waals surface area contributed by atoms with Crippen molar-refractivity contribution in [1.82, 2.24) is 16.8 Å². The maximum absolute atomic E-state index is 6.09. The Balaban J connectivity index is 1.97. The van der Waals surface area contributed by atoms with Gasteiger partial charge in [0.2, 0.25) is 0 Å². The third-order valence-electron chi connectivity index (χ3n) is 0.125. The summed E-state index contributed by atoms with van der Waals surface area (Å²) in [7, 11) is 1.63. The summed E-state index contributed by atoms with van der Waals surface area (Å²) in [5, 5.41) is 0. The lowest BCUT2D eigenvalue weighted by Crippen LogP contribution is -2.24. The molecule has 0 unspecified atom stereocenters. The van der Waals surface area contributed by atoms with Gasteiger partial charge in [0, 0.05) is 0 Å². The van der Waals surface area contributed by atoms with Crippen molar-refractivity contribution in [1.29, 1.82) is 0 Å². The summed E-state index contributed by atoms with van der Waals surface area (Å²) in [6.07, 6.45) is 0. The van der Waals surface area contributed by atoms with Crippen molar-refractivity contribution in [2.45, 2.75) is 0 Å². The minimum absolute atomic E-state index is 1.63. The molecule has 0 aromatic heterocycles. The number of nitrogens with one attached hydrogen (secondary N) is 3. The third kappa shape index (κ3) is 1.88. The highest BCUT2D eigenvalue weighted by Gasteiger charge is 1.45. The van der Waals surface area contributed by atoms with Gasteiger partial charge in [-0.3, -0.25) is 0 Å². The van der Waals surface area contributed by atoms with Crippen LogP contribution in [0.5, 0.6) is 0 Å². The van der Waals surface area contributed by atoms with Gasteiger partial charge in [-0.25, -0.2) is 5.43 Å². The Morgan fingerprint density at radius 1 is 1.75 bits per heavy atom. The molecule has 0 aromatic carbocycles. The van der Waals surface area contributed by atoms with Crippen LogP contribution in [0.2, 0.25) is 0 Å². The zero-order valence-electron chi connectivity index (χ0n) is 2.50. The van der Waals surface area contributed by atoms with Crippen LogP contribution >= 0.6 is 0 Å². The molecule has 0 bridgehead atoms. The molecule has 25 valence electrons. The van der Waals surface area contributed by atoms with E-state index in [4.69, 9.17) is 5.84 Å². The first-order chi connectivity index (χ1) is 1.91. The Hall–Kier alpha value is -0.120. The predicted octanol–water partition coefficient (Wildman–Crippen LogP) is -1.09. The van der Waals surface area contributed by atoms with Crippen LogP contribution < -0.4 is 16.8 Å². The molecule has 0 fully saturated rings. The van der Waals surface area contributed by atoms with Crippen molar-refractivity contribution >= 4 is 0 Å². The summed E-state index contributed by atoms with van der Waals surface area (Å²) in [6, 6.07) is 0. The van der Waals surface area contributed by atoms with Crippen LogP contribution in [0, 0.1) is 0 Å². The SMILES string of the molecule is CNN[NH]. The molecule has 0 amide bonds. The van der Waals surface area contributed by atoms with E-state index in [1.165, 1.54) is 0 Å². The molecule has 0 aliphatic heterocycles. The van der Waals surface area contributed by atoms with Crippen molar-refractivity contribution < 1.29 is 0 Å². The van der Waals surface area contributed by atoms with Gasteiger partial charge in [-0.15, -0.1) is 0 Å². The lowest BCUT2D eigenvalue weighted by Gasteiger charge is -1.80. The molecule has 0 aliphatic carbocycles. The van der Waals surface area contributed by atoms with Gasteiger partial charge in [-0.2, -0.15) is 11.4 Å². The molecule has 4 heavy (non-hydrogen) atoms. The first-order valence-corrected chi connectivity index (χ1v) is 1.00. The van der Waals surface area contributed by atoms with Gasteiger partial charge in [0.1, 0.15) is 0 Å². The van der Waals surface area contributed by atoms with E-state index < -0.39 is 0 Å². The average molecular weight is 60.1 g/mol. The normalized spacial score (nSPS) is 7.50. The Labute approximate surface area is 25.1 Å². The first-order valence-electron chi connectivity index (χ1n) is 1.00. The monoisotopic (exact) mass is 60.1 g/mol. The van der Waals surface area contributed by atoms with E-state index in [9.17, 15) is 0 Å². The minimum Gasteiger partial charge on any atom is -0.246 e. The molecule has 0 aromatic rings. The fourth-order valence-corrected chi connectivity index (χ4v) is 0. The molecule has 0 rings (SSSR count). The number of hydrogen-bond acceptors (Lipinski definition) is 2. The molecule has 0 saturated heterocycles. The highest BCUT2D eigenvalue weighted by Crippen LogP contribution is 1.03. The van der Waals surface area contributed by atoms with Crippen LogP contribution in [0.3, 0.4) is 0 Å². The van der Waals surface area contributed by atoms with E-state index in [-0.39, 0.29) is 0 Å². The average Bonchev–Trinajstić information content (AvgIpc) is 1.37. The van der Waals surface area contributed by atoms with E-state index in [2.05, 4.69) is 5.43 Å². The summed E-state index contributed by atoms with van der Waals surface area (Å²) in [6.45, 7) is 0. The summed E-state index contributed by atoms with van der Waals surface area (Å²) in [4.78, 5) is 0. The second-order valence-corrected chi connectivity index (χ2v) is 0.375. The van der Waals surface area contributed by atoms with Crippen molar-refractivity contribution in [3.05, 3.63) is 0 Å². The Morgan fingerprint density at radius 3 is 2.00 bits per heavy atom. The lowest BCUT2D eigenvalue weighted by molar-refractivity contribution is 0.608. The maximum atomic E-state index is 6.09. The quantitative estimate of drug-likeness (QED) is 0.378. The Kier molecular flexibility index (Phi) is 2.79. The zero-order valence-corrected chi connectivity index (χ0v) is 2.50. The highest BCUT2D eigenvalue weighted by molar-refractivity contribution is 3.90. The number of rotatable bonds is 1. The molecule has 3 N–H and O–H groups in total. The van der Waals surface area contributed by atoms with Gasteiger partial charge in [0.15, 0.2) is 0 Å². The van der Waals surface area contributed by atoms with Gasteiger partial charge < -0.3 is 0 Å². The fourth-order valence-electron chi connectivity index (χ4n) is 0. The fraction of sp³-hybridized carbons (Fsp3) is 1.00. The Morgan fingerprint density at radius 2 is 2.00 bits per heavy atom. The van der Waals surface area contributed by atoms with E-state index in [1.807, 2.05) is 5.53 Å². The smallest absolute Gasteiger partial charge is 0.000111 e. The van der Waals surface area contributed by atoms with Crippen LogP contribution in [0.25, 0.3) is 0 Å². The largest absolute Gasteiger partial charge is 0.246 e. The molecule has 0 atom stereocenters. The molecule has 3 heteroatoms. The number of hydrogen-bond donors (Lipinski definition) is 2. The summed E-state index contributed by atoms with van der Waals surface area (Å²) >= 11 is 0. The van der Waals surface area contributed by atoms with Crippen LogP contribution in [0.1, 0.15) is 0 Å². The van der Waals surface area contributed by atoms with E-state index in [0.29, 0.717) is 0 Å². The van der Waals surface area contributed by atoms with Gasteiger partial charge in [0.25, 0.3) is 0 Å². The van der Waals surface area contributed by atoms with Crippen molar-refractivity contribution in [2.24, 2.45) is 0 Å². The van der Waals surface area contributed by atoms with Crippen LogP contribution in [0.15, 0.2) is 0 Å². The molecule has 0 heterocycles. The van der Waals surface area contributed by atoms with Crippen molar-refractivity contribution in [2.75, 3.05) is 7.05 Å². The summed E-state index contributed by atoms with van der Waals surface area (Å²) in [5.41, 5.74) is 4.28. The van der Waals surface area contributed by atoms with Gasteiger partial charge in [-0.05, 0) is 7.05 Å². The van der Waals surface area contributed by atoms with Crippen LogP contribution in [-0.2, 0) is 0 Å². The molecule has 0 spiro atoms. The molecule has 3 nitrogen and oxygen atoms in total. The summed E-state index contributed by atoms with van der Waals surface area (Å²) < 4.78 is 0. The second kappa shape index (κ2) is 2.88. The molecular weight excluding hydrogens is 54.0 g/mol. The van der Waals surface area contributed by atoms with Gasteiger partial charge in [-0.1, -0.05) is 0 Å². The minimum atomic E-state index is 1.63. The van der Waals surface area contributed by atoms with Crippen molar-refractivity contribution in [3.8, 4) is 0 Å². The van der Waals surface area contributed by atoms with E-state index in [0.717, 1.165) is 0 Å². The number of hydrazine groups is 1. The third-order valence-corrected chi connectivity index (χ3v) is 0.125. The zero-order chi connectivity index (χ0) is 3.41. The van der Waals surface area contributed by atoms with Gasteiger partial charge >= 0.3 is 0 Å². The lowest BCUT2D eigenvalue weighted by atomic mass is 11.5. The van der Waals surface area contributed by atoms with Gasteiger partial charge in [0.05, 0.1) is 0 Å². The summed E-state index contributed by atoms with van der Waals surface area (Å²) in [5.74, 6) is 6.09. The predicted molar refractivity (Wildman–Crippen MR) is 15.3 cm³/mol. The second-order valence-electron chi connectivity index (χ2n) is 0.375. The molecule has 0 aliphatic rings. The molecular formula is CH6N3. The van der Waals surface area contributed by atoms with Crippen molar-refractivity contribution in [3.63, 3.8) is 0 Å².